The summed E-state index contributed by atoms with van der Waals surface area (Å²) in [5.41, 5.74) is 2.30. The lowest BCUT2D eigenvalue weighted by Crippen LogP contribution is -2.51. The third kappa shape index (κ3) is 8.65. The van der Waals surface area contributed by atoms with Gasteiger partial charge in [-0.05, 0) is 54.2 Å². The standard InChI is InChI=1S/C26H36BrN3O4S/c1-18(2)15-28-26(32)20(5)29(16-21-8-7-9-23(27)14-21)25(31)17-30(35(6,33)34)24-12-10-22(11-13-24)19(3)4/h7-14,18-20H,15-17H2,1-6H3,(H,28,32)/t20-/m0/s1. The summed E-state index contributed by atoms with van der Waals surface area (Å²) in [5, 5.41) is 2.87. The zero-order valence-corrected chi connectivity index (χ0v) is 23.7. The van der Waals surface area contributed by atoms with Crippen molar-refractivity contribution >= 4 is 43.5 Å². The van der Waals surface area contributed by atoms with E-state index in [-0.39, 0.29) is 18.4 Å². The molecule has 2 aromatic rings. The number of benzene rings is 2. The summed E-state index contributed by atoms with van der Waals surface area (Å²) >= 11 is 3.44. The molecule has 2 amide bonds. The van der Waals surface area contributed by atoms with Crippen molar-refractivity contribution in [3.8, 4) is 0 Å². The molecule has 0 aromatic heterocycles. The molecule has 35 heavy (non-hydrogen) atoms. The minimum atomic E-state index is -3.75. The van der Waals surface area contributed by atoms with E-state index < -0.39 is 28.5 Å². The summed E-state index contributed by atoms with van der Waals surface area (Å²) in [5.74, 6) is -0.192. The highest BCUT2D eigenvalue weighted by Gasteiger charge is 2.30. The van der Waals surface area contributed by atoms with Crippen molar-refractivity contribution < 1.29 is 18.0 Å². The van der Waals surface area contributed by atoms with Gasteiger partial charge in [-0.2, -0.15) is 0 Å². The predicted octanol–water partition coefficient (Wildman–Crippen LogP) is 4.53. The van der Waals surface area contributed by atoms with Gasteiger partial charge in [0.1, 0.15) is 12.6 Å². The van der Waals surface area contributed by atoms with Gasteiger partial charge in [0.2, 0.25) is 21.8 Å². The van der Waals surface area contributed by atoms with Crippen molar-refractivity contribution in [2.75, 3.05) is 23.7 Å². The molecule has 7 nitrogen and oxygen atoms in total. The van der Waals surface area contributed by atoms with Crippen LogP contribution in [-0.4, -0.2) is 50.5 Å². The third-order valence-electron chi connectivity index (χ3n) is 5.62. The lowest BCUT2D eigenvalue weighted by atomic mass is 10.0. The van der Waals surface area contributed by atoms with Crippen LogP contribution in [0.15, 0.2) is 53.0 Å². The molecule has 1 atom stereocenters. The van der Waals surface area contributed by atoms with Gasteiger partial charge in [-0.1, -0.05) is 67.9 Å². The summed E-state index contributed by atoms with van der Waals surface area (Å²) in [7, 11) is -3.75. The van der Waals surface area contributed by atoms with E-state index in [0.717, 1.165) is 26.2 Å². The van der Waals surface area contributed by atoms with Crippen LogP contribution in [0.1, 0.15) is 51.7 Å². The van der Waals surface area contributed by atoms with Crippen LogP contribution in [0.4, 0.5) is 5.69 Å². The topological polar surface area (TPSA) is 86.8 Å². The number of hydrogen-bond donors (Lipinski definition) is 1. The number of nitrogens with zero attached hydrogens (tertiary/aromatic N) is 2. The highest BCUT2D eigenvalue weighted by molar-refractivity contribution is 9.10. The maximum atomic E-state index is 13.6. The molecule has 0 fully saturated rings. The summed E-state index contributed by atoms with van der Waals surface area (Å²) < 4.78 is 27.3. The maximum absolute atomic E-state index is 13.6. The van der Waals surface area contributed by atoms with Crippen LogP contribution < -0.4 is 9.62 Å². The van der Waals surface area contributed by atoms with E-state index in [0.29, 0.717) is 18.2 Å². The number of nitrogens with one attached hydrogen (secondary N) is 1. The molecule has 0 spiro atoms. The Balaban J connectivity index is 2.36. The minimum absolute atomic E-state index is 0.165. The summed E-state index contributed by atoms with van der Waals surface area (Å²) in [6.45, 7) is 9.99. The Morgan fingerprint density at radius 2 is 1.63 bits per heavy atom. The second-order valence-electron chi connectivity index (χ2n) is 9.48. The molecule has 0 aliphatic heterocycles. The van der Waals surface area contributed by atoms with Crippen molar-refractivity contribution in [2.45, 2.75) is 53.1 Å². The molecule has 0 unspecified atom stereocenters. The predicted molar refractivity (Wildman–Crippen MR) is 145 cm³/mol. The summed E-state index contributed by atoms with van der Waals surface area (Å²) in [6, 6.07) is 13.8. The van der Waals surface area contributed by atoms with Crippen molar-refractivity contribution in [3.05, 3.63) is 64.1 Å². The van der Waals surface area contributed by atoms with Crippen molar-refractivity contribution in [1.82, 2.24) is 10.2 Å². The normalized spacial score (nSPS) is 12.5. The van der Waals surface area contributed by atoms with Crippen LogP contribution in [0.5, 0.6) is 0 Å². The number of rotatable bonds is 11. The van der Waals surface area contributed by atoms with E-state index in [9.17, 15) is 18.0 Å². The molecular formula is C26H36BrN3O4S. The Kier molecular flexibility index (Phi) is 10.3. The van der Waals surface area contributed by atoms with Crippen LogP contribution in [-0.2, 0) is 26.2 Å². The van der Waals surface area contributed by atoms with E-state index in [1.54, 1.807) is 19.1 Å². The molecule has 0 saturated carbocycles. The zero-order valence-electron chi connectivity index (χ0n) is 21.3. The fourth-order valence-electron chi connectivity index (χ4n) is 3.51. The molecule has 0 aliphatic carbocycles. The number of amides is 2. The number of anilines is 1. The fourth-order valence-corrected chi connectivity index (χ4v) is 4.80. The number of carbonyl (C=O) groups excluding carboxylic acids is 2. The smallest absolute Gasteiger partial charge is 0.244 e. The second kappa shape index (κ2) is 12.5. The van der Waals surface area contributed by atoms with Gasteiger partial charge in [-0.3, -0.25) is 13.9 Å². The van der Waals surface area contributed by atoms with E-state index in [2.05, 4.69) is 35.1 Å². The second-order valence-corrected chi connectivity index (χ2v) is 12.3. The number of hydrogen-bond acceptors (Lipinski definition) is 4. The molecule has 0 heterocycles. The first kappa shape index (κ1) is 28.8. The largest absolute Gasteiger partial charge is 0.354 e. The fraction of sp³-hybridized carbons (Fsp3) is 0.462. The number of sulfonamides is 1. The van der Waals surface area contributed by atoms with Crippen LogP contribution in [0, 0.1) is 5.92 Å². The molecule has 0 aliphatic rings. The zero-order chi connectivity index (χ0) is 26.3. The van der Waals surface area contributed by atoms with Crippen LogP contribution in [0.2, 0.25) is 0 Å². The number of carbonyl (C=O) groups is 2. The van der Waals surface area contributed by atoms with E-state index in [4.69, 9.17) is 0 Å². The summed E-state index contributed by atoms with van der Waals surface area (Å²) in [6.07, 6.45) is 1.08. The highest BCUT2D eigenvalue weighted by Crippen LogP contribution is 2.23. The molecule has 0 bridgehead atoms. The molecule has 0 saturated heterocycles. The quantitative estimate of drug-likeness (QED) is 0.433. The molecule has 192 valence electrons. The summed E-state index contributed by atoms with van der Waals surface area (Å²) in [4.78, 5) is 27.8. The van der Waals surface area contributed by atoms with Crippen LogP contribution >= 0.6 is 15.9 Å². The van der Waals surface area contributed by atoms with Gasteiger partial charge in [0, 0.05) is 17.6 Å². The molecule has 2 aromatic carbocycles. The first-order valence-corrected chi connectivity index (χ1v) is 14.3. The lowest BCUT2D eigenvalue weighted by Gasteiger charge is -2.31. The Bertz CT molecular complexity index is 1120. The molecule has 1 N–H and O–H groups in total. The van der Waals surface area contributed by atoms with Gasteiger partial charge < -0.3 is 10.2 Å². The van der Waals surface area contributed by atoms with E-state index >= 15 is 0 Å². The minimum Gasteiger partial charge on any atom is -0.354 e. The van der Waals surface area contributed by atoms with Crippen molar-refractivity contribution in [2.24, 2.45) is 5.92 Å². The van der Waals surface area contributed by atoms with Crippen molar-refractivity contribution in [1.29, 1.82) is 0 Å². The lowest BCUT2D eigenvalue weighted by molar-refractivity contribution is -0.139. The number of halogens is 1. The van der Waals surface area contributed by atoms with Gasteiger partial charge in [-0.15, -0.1) is 0 Å². The van der Waals surface area contributed by atoms with Gasteiger partial charge in [0.15, 0.2) is 0 Å². The van der Waals surface area contributed by atoms with Gasteiger partial charge >= 0.3 is 0 Å². The highest BCUT2D eigenvalue weighted by atomic mass is 79.9. The van der Waals surface area contributed by atoms with Gasteiger partial charge in [-0.25, -0.2) is 8.42 Å². The first-order chi connectivity index (χ1) is 16.3. The molecule has 9 heteroatoms. The first-order valence-electron chi connectivity index (χ1n) is 11.7. The Hall–Kier alpha value is -2.39. The molecule has 2 rings (SSSR count). The van der Waals surface area contributed by atoms with Crippen LogP contribution in [0.3, 0.4) is 0 Å². The van der Waals surface area contributed by atoms with Gasteiger partial charge in [0.25, 0.3) is 0 Å². The van der Waals surface area contributed by atoms with E-state index in [1.165, 1.54) is 4.90 Å². The molecule has 0 radical (unpaired) electrons. The Labute approximate surface area is 218 Å². The third-order valence-corrected chi connectivity index (χ3v) is 7.25. The SMILES string of the molecule is CC(C)CNC(=O)[C@H](C)N(Cc1cccc(Br)c1)C(=O)CN(c1ccc(C(C)C)cc1)S(C)(=O)=O. The van der Waals surface area contributed by atoms with Crippen LogP contribution in [0.25, 0.3) is 0 Å². The Morgan fingerprint density at radius 1 is 1.00 bits per heavy atom. The van der Waals surface area contributed by atoms with Gasteiger partial charge in [0.05, 0.1) is 11.9 Å². The average molecular weight is 567 g/mol. The van der Waals surface area contributed by atoms with Crippen molar-refractivity contribution in [3.63, 3.8) is 0 Å². The molecular weight excluding hydrogens is 530 g/mol. The Morgan fingerprint density at radius 3 is 2.14 bits per heavy atom. The average Bonchev–Trinajstić information content (AvgIpc) is 2.78. The monoisotopic (exact) mass is 565 g/mol. The van der Waals surface area contributed by atoms with E-state index in [1.807, 2.05) is 50.2 Å². The maximum Gasteiger partial charge on any atom is 0.244 e.